The highest BCUT2D eigenvalue weighted by Crippen LogP contribution is 2.19. The number of amides is 3. The average molecular weight is 275 g/mol. The molecular weight excluding hydrogens is 258 g/mol. The Morgan fingerprint density at radius 3 is 2.80 bits per heavy atom. The SMILES string of the molecule is NCCNC(=O)CCN1C(=O)Cc2ccccc2C1=O. The van der Waals surface area contributed by atoms with Crippen molar-refractivity contribution < 1.29 is 14.4 Å². The highest BCUT2D eigenvalue weighted by Gasteiger charge is 2.30. The standard InChI is InChI=1S/C14H17N3O3/c15-6-7-16-12(18)5-8-17-13(19)9-10-3-1-2-4-11(10)14(17)20/h1-4H,5-9,15H2,(H,16,18). The van der Waals surface area contributed by atoms with Crippen molar-refractivity contribution in [2.24, 2.45) is 5.73 Å². The molecule has 1 aliphatic rings. The maximum atomic E-state index is 12.2. The van der Waals surface area contributed by atoms with Crippen LogP contribution in [-0.4, -0.2) is 42.3 Å². The fourth-order valence-corrected chi connectivity index (χ4v) is 2.14. The molecule has 1 aromatic carbocycles. The summed E-state index contributed by atoms with van der Waals surface area (Å²) in [6.07, 6.45) is 0.298. The Morgan fingerprint density at radius 1 is 1.30 bits per heavy atom. The molecular formula is C14H17N3O3. The maximum Gasteiger partial charge on any atom is 0.260 e. The zero-order chi connectivity index (χ0) is 14.5. The van der Waals surface area contributed by atoms with Gasteiger partial charge in [0.15, 0.2) is 0 Å². The minimum Gasteiger partial charge on any atom is -0.355 e. The number of nitrogens with zero attached hydrogens (tertiary/aromatic N) is 1. The zero-order valence-corrected chi connectivity index (χ0v) is 11.1. The number of rotatable bonds is 5. The van der Waals surface area contributed by atoms with Gasteiger partial charge in [0.1, 0.15) is 0 Å². The van der Waals surface area contributed by atoms with E-state index in [1.165, 1.54) is 0 Å². The van der Waals surface area contributed by atoms with E-state index < -0.39 is 0 Å². The molecule has 6 nitrogen and oxygen atoms in total. The van der Waals surface area contributed by atoms with Crippen LogP contribution in [0.1, 0.15) is 22.3 Å². The predicted molar refractivity (Wildman–Crippen MR) is 72.9 cm³/mol. The molecule has 1 heterocycles. The largest absolute Gasteiger partial charge is 0.355 e. The summed E-state index contributed by atoms with van der Waals surface area (Å²) in [5.41, 5.74) is 6.56. The molecule has 0 saturated carbocycles. The molecule has 0 saturated heterocycles. The first-order chi connectivity index (χ1) is 9.63. The molecule has 1 aromatic rings. The van der Waals surface area contributed by atoms with Gasteiger partial charge < -0.3 is 11.1 Å². The summed E-state index contributed by atoms with van der Waals surface area (Å²) >= 11 is 0. The van der Waals surface area contributed by atoms with Crippen LogP contribution in [-0.2, 0) is 16.0 Å². The molecule has 0 fully saturated rings. The van der Waals surface area contributed by atoms with Gasteiger partial charge in [0.2, 0.25) is 11.8 Å². The smallest absolute Gasteiger partial charge is 0.260 e. The second kappa shape index (κ2) is 6.29. The summed E-state index contributed by atoms with van der Waals surface area (Å²) in [5, 5.41) is 2.61. The fourth-order valence-electron chi connectivity index (χ4n) is 2.14. The molecule has 1 aliphatic heterocycles. The van der Waals surface area contributed by atoms with Crippen LogP contribution in [0.25, 0.3) is 0 Å². The molecule has 0 unspecified atom stereocenters. The number of carbonyl (C=O) groups excluding carboxylic acids is 3. The van der Waals surface area contributed by atoms with Crippen molar-refractivity contribution in [1.29, 1.82) is 0 Å². The van der Waals surface area contributed by atoms with Crippen molar-refractivity contribution in [1.82, 2.24) is 10.2 Å². The van der Waals surface area contributed by atoms with Crippen LogP contribution >= 0.6 is 0 Å². The van der Waals surface area contributed by atoms with Gasteiger partial charge >= 0.3 is 0 Å². The van der Waals surface area contributed by atoms with Crippen LogP contribution in [0.5, 0.6) is 0 Å². The van der Waals surface area contributed by atoms with Crippen LogP contribution in [0.3, 0.4) is 0 Å². The lowest BCUT2D eigenvalue weighted by Crippen LogP contribution is -2.44. The van der Waals surface area contributed by atoms with Gasteiger partial charge in [0.05, 0.1) is 6.42 Å². The van der Waals surface area contributed by atoms with Crippen molar-refractivity contribution in [3.8, 4) is 0 Å². The molecule has 3 N–H and O–H groups in total. The summed E-state index contributed by atoms with van der Waals surface area (Å²) in [6.45, 7) is 0.854. The molecule has 106 valence electrons. The van der Waals surface area contributed by atoms with E-state index in [1.54, 1.807) is 24.3 Å². The molecule has 0 spiro atoms. The monoisotopic (exact) mass is 275 g/mol. The summed E-state index contributed by atoms with van der Waals surface area (Å²) in [4.78, 5) is 36.8. The minimum absolute atomic E-state index is 0.0969. The number of nitrogens with one attached hydrogen (secondary N) is 1. The fraction of sp³-hybridized carbons (Fsp3) is 0.357. The lowest BCUT2D eigenvalue weighted by molar-refractivity contribution is -0.129. The Labute approximate surface area is 116 Å². The van der Waals surface area contributed by atoms with Crippen molar-refractivity contribution in [3.63, 3.8) is 0 Å². The summed E-state index contributed by atoms with van der Waals surface area (Å²) in [6, 6.07) is 7.04. The molecule has 20 heavy (non-hydrogen) atoms. The van der Waals surface area contributed by atoms with Crippen LogP contribution in [0.4, 0.5) is 0 Å². The van der Waals surface area contributed by atoms with Gasteiger partial charge in [-0.15, -0.1) is 0 Å². The van der Waals surface area contributed by atoms with E-state index in [0.717, 1.165) is 10.5 Å². The second-order valence-corrected chi connectivity index (χ2v) is 4.57. The number of carbonyl (C=O) groups is 3. The Kier molecular flexibility index (Phi) is 4.47. The topological polar surface area (TPSA) is 92.5 Å². The summed E-state index contributed by atoms with van der Waals surface area (Å²) in [7, 11) is 0. The van der Waals surface area contributed by atoms with Crippen molar-refractivity contribution in [2.45, 2.75) is 12.8 Å². The van der Waals surface area contributed by atoms with Crippen LogP contribution in [0.15, 0.2) is 24.3 Å². The van der Waals surface area contributed by atoms with E-state index in [0.29, 0.717) is 18.7 Å². The third kappa shape index (κ3) is 3.03. The summed E-state index contributed by atoms with van der Waals surface area (Å²) in [5.74, 6) is -0.807. The van der Waals surface area contributed by atoms with Gasteiger partial charge in [0.25, 0.3) is 5.91 Å². The van der Waals surface area contributed by atoms with E-state index >= 15 is 0 Å². The van der Waals surface area contributed by atoms with E-state index in [2.05, 4.69) is 5.32 Å². The second-order valence-electron chi connectivity index (χ2n) is 4.57. The number of imide groups is 1. The van der Waals surface area contributed by atoms with Gasteiger partial charge in [-0.3, -0.25) is 19.3 Å². The molecule has 0 aromatic heterocycles. The van der Waals surface area contributed by atoms with E-state index in [1.807, 2.05) is 0 Å². The molecule has 3 amide bonds. The Bertz CT molecular complexity index is 542. The average Bonchev–Trinajstić information content (AvgIpc) is 2.45. The first kappa shape index (κ1) is 14.2. The third-order valence-corrected chi connectivity index (χ3v) is 3.16. The number of hydrogen-bond donors (Lipinski definition) is 2. The minimum atomic E-state index is -0.330. The van der Waals surface area contributed by atoms with Gasteiger partial charge in [0, 0.05) is 31.6 Å². The number of fused-ring (bicyclic) bond motifs is 1. The van der Waals surface area contributed by atoms with E-state index in [9.17, 15) is 14.4 Å². The van der Waals surface area contributed by atoms with Crippen LogP contribution in [0.2, 0.25) is 0 Å². The Hall–Kier alpha value is -2.21. The van der Waals surface area contributed by atoms with Gasteiger partial charge in [-0.2, -0.15) is 0 Å². The molecule has 2 rings (SSSR count). The van der Waals surface area contributed by atoms with E-state index in [4.69, 9.17) is 5.73 Å². The first-order valence-electron chi connectivity index (χ1n) is 6.53. The number of nitrogens with two attached hydrogens (primary N) is 1. The lowest BCUT2D eigenvalue weighted by atomic mass is 9.98. The Balaban J connectivity index is 2.01. The van der Waals surface area contributed by atoms with Gasteiger partial charge in [-0.1, -0.05) is 18.2 Å². The van der Waals surface area contributed by atoms with Crippen molar-refractivity contribution in [3.05, 3.63) is 35.4 Å². The van der Waals surface area contributed by atoms with Crippen LogP contribution < -0.4 is 11.1 Å². The highest BCUT2D eigenvalue weighted by molar-refractivity contribution is 6.09. The van der Waals surface area contributed by atoms with Gasteiger partial charge in [-0.05, 0) is 11.6 Å². The van der Waals surface area contributed by atoms with Crippen molar-refractivity contribution >= 4 is 17.7 Å². The normalized spacial score (nSPS) is 14.2. The quantitative estimate of drug-likeness (QED) is 0.720. The lowest BCUT2D eigenvalue weighted by Gasteiger charge is -2.26. The first-order valence-corrected chi connectivity index (χ1v) is 6.53. The molecule has 0 atom stereocenters. The highest BCUT2D eigenvalue weighted by atomic mass is 16.2. The number of benzene rings is 1. The van der Waals surface area contributed by atoms with E-state index in [-0.39, 0.29) is 37.1 Å². The molecule has 0 radical (unpaired) electrons. The maximum absolute atomic E-state index is 12.2. The molecule has 0 bridgehead atoms. The Morgan fingerprint density at radius 2 is 2.05 bits per heavy atom. The number of hydrogen-bond acceptors (Lipinski definition) is 4. The van der Waals surface area contributed by atoms with Crippen molar-refractivity contribution in [2.75, 3.05) is 19.6 Å². The zero-order valence-electron chi connectivity index (χ0n) is 11.1. The summed E-state index contributed by atoms with van der Waals surface area (Å²) < 4.78 is 0. The third-order valence-electron chi connectivity index (χ3n) is 3.16. The predicted octanol–water partition coefficient (Wildman–Crippen LogP) is -0.323. The van der Waals surface area contributed by atoms with Crippen LogP contribution in [0, 0.1) is 0 Å². The van der Waals surface area contributed by atoms with Gasteiger partial charge in [-0.25, -0.2) is 0 Å². The molecule has 6 heteroatoms. The molecule has 0 aliphatic carbocycles.